The van der Waals surface area contributed by atoms with Crippen LogP contribution in [0.3, 0.4) is 0 Å². The van der Waals surface area contributed by atoms with E-state index in [1.807, 2.05) is 36.1 Å². The number of amides is 2. The van der Waals surface area contributed by atoms with Crippen LogP contribution in [0.1, 0.15) is 10.4 Å². The first-order valence-electron chi connectivity index (χ1n) is 9.18. The first-order valence-corrected chi connectivity index (χ1v) is 11.9. The second-order valence-corrected chi connectivity index (χ2v) is 10.3. The smallest absolute Gasteiger partial charge is 0.234 e. The first-order chi connectivity index (χ1) is 13.5. The highest BCUT2D eigenvalue weighted by Crippen LogP contribution is 2.23. The number of aryl methyl sites for hydroxylation is 1. The first kappa shape index (κ1) is 21.4. The zero-order chi connectivity index (χ0) is 19.9. The Morgan fingerprint density at radius 2 is 1.93 bits per heavy atom. The van der Waals surface area contributed by atoms with E-state index in [1.54, 1.807) is 11.3 Å². The van der Waals surface area contributed by atoms with Gasteiger partial charge in [0.2, 0.25) is 11.8 Å². The van der Waals surface area contributed by atoms with Crippen molar-refractivity contribution in [2.45, 2.75) is 13.5 Å². The van der Waals surface area contributed by atoms with Gasteiger partial charge in [0.25, 0.3) is 0 Å². The lowest BCUT2D eigenvalue weighted by Crippen LogP contribution is -2.48. The van der Waals surface area contributed by atoms with Crippen molar-refractivity contribution in [2.24, 2.45) is 0 Å². The minimum atomic E-state index is -0.0738. The van der Waals surface area contributed by atoms with E-state index in [0.29, 0.717) is 5.75 Å². The van der Waals surface area contributed by atoms with Crippen LogP contribution in [0.5, 0.6) is 0 Å². The molecule has 3 rings (SSSR count). The van der Waals surface area contributed by atoms with Gasteiger partial charge in [-0.2, -0.15) is 0 Å². The highest BCUT2D eigenvalue weighted by Gasteiger charge is 2.21. The Hall–Kier alpha value is -1.35. The van der Waals surface area contributed by atoms with E-state index in [9.17, 15) is 9.59 Å². The van der Waals surface area contributed by atoms with Crippen molar-refractivity contribution >= 4 is 56.5 Å². The van der Waals surface area contributed by atoms with Gasteiger partial charge in [0.05, 0.1) is 15.3 Å². The molecule has 8 heteroatoms. The highest BCUT2D eigenvalue weighted by molar-refractivity contribution is 9.11. The second-order valence-electron chi connectivity index (χ2n) is 6.77. The average Bonchev–Trinajstić information content (AvgIpc) is 3.07. The number of halogens is 1. The zero-order valence-corrected chi connectivity index (χ0v) is 19.0. The van der Waals surface area contributed by atoms with Crippen LogP contribution in [0.15, 0.2) is 40.2 Å². The molecule has 0 radical (unpaired) electrons. The third kappa shape index (κ3) is 6.62. The minimum absolute atomic E-state index is 0.0738. The van der Waals surface area contributed by atoms with E-state index in [1.165, 1.54) is 16.6 Å². The summed E-state index contributed by atoms with van der Waals surface area (Å²) in [4.78, 5) is 30.1. The molecule has 2 heterocycles. The van der Waals surface area contributed by atoms with Crippen molar-refractivity contribution in [1.29, 1.82) is 0 Å². The zero-order valence-electron chi connectivity index (χ0n) is 15.8. The number of carbonyl (C=O) groups is 2. The topological polar surface area (TPSA) is 52.7 Å². The lowest BCUT2D eigenvalue weighted by atomic mass is 10.2. The quantitative estimate of drug-likeness (QED) is 0.652. The molecule has 28 heavy (non-hydrogen) atoms. The lowest BCUT2D eigenvalue weighted by molar-refractivity contribution is -0.130. The van der Waals surface area contributed by atoms with Gasteiger partial charge in [0, 0.05) is 43.3 Å². The number of hydrogen-bond acceptors (Lipinski definition) is 5. The Balaban J connectivity index is 1.33. The molecule has 150 valence electrons. The van der Waals surface area contributed by atoms with Crippen LogP contribution in [-0.2, 0) is 16.1 Å². The third-order valence-electron chi connectivity index (χ3n) is 4.49. The maximum atomic E-state index is 12.4. The summed E-state index contributed by atoms with van der Waals surface area (Å²) in [5.41, 5.74) is 1.90. The number of thioether (sulfide) groups is 1. The predicted octanol–water partition coefficient (Wildman–Crippen LogP) is 3.84. The molecule has 0 saturated carbocycles. The van der Waals surface area contributed by atoms with Gasteiger partial charge >= 0.3 is 0 Å². The van der Waals surface area contributed by atoms with Gasteiger partial charge in [-0.3, -0.25) is 14.5 Å². The number of rotatable bonds is 7. The van der Waals surface area contributed by atoms with Crippen molar-refractivity contribution in [3.63, 3.8) is 0 Å². The van der Waals surface area contributed by atoms with Crippen molar-refractivity contribution < 1.29 is 9.59 Å². The summed E-state index contributed by atoms with van der Waals surface area (Å²) in [5, 5.41) is 2.87. The van der Waals surface area contributed by atoms with E-state index in [4.69, 9.17) is 0 Å². The Labute approximate surface area is 182 Å². The average molecular weight is 482 g/mol. The molecule has 1 aromatic heterocycles. The highest BCUT2D eigenvalue weighted by atomic mass is 79.9. The molecule has 0 atom stereocenters. The Morgan fingerprint density at radius 1 is 1.14 bits per heavy atom. The van der Waals surface area contributed by atoms with Crippen LogP contribution in [0.2, 0.25) is 0 Å². The molecule has 5 nitrogen and oxygen atoms in total. The van der Waals surface area contributed by atoms with Gasteiger partial charge in [-0.1, -0.05) is 12.1 Å². The molecule has 0 aliphatic carbocycles. The molecule has 2 aromatic rings. The summed E-state index contributed by atoms with van der Waals surface area (Å²) in [6.07, 6.45) is 0. The van der Waals surface area contributed by atoms with Crippen molar-refractivity contribution in [2.75, 3.05) is 43.0 Å². The van der Waals surface area contributed by atoms with Crippen LogP contribution in [0.25, 0.3) is 0 Å². The van der Waals surface area contributed by atoms with Crippen molar-refractivity contribution in [1.82, 2.24) is 9.80 Å². The SMILES string of the molecule is Cc1cccc(NC(=O)CSCC(=O)N2CCN(Cc3ccc(Br)s3)CC2)c1. The van der Waals surface area contributed by atoms with Crippen molar-refractivity contribution in [3.8, 4) is 0 Å². The molecule has 1 aromatic carbocycles. The van der Waals surface area contributed by atoms with Crippen LogP contribution in [0, 0.1) is 6.92 Å². The fourth-order valence-electron chi connectivity index (χ4n) is 3.05. The predicted molar refractivity (Wildman–Crippen MR) is 121 cm³/mol. The summed E-state index contributed by atoms with van der Waals surface area (Å²) in [6, 6.07) is 11.9. The summed E-state index contributed by atoms with van der Waals surface area (Å²) in [7, 11) is 0. The van der Waals surface area contributed by atoms with Crippen LogP contribution >= 0.6 is 39.0 Å². The molecule has 1 saturated heterocycles. The van der Waals surface area contributed by atoms with Gasteiger partial charge in [0.15, 0.2) is 0 Å². The molecular weight excluding hydrogens is 458 g/mol. The normalized spacial score (nSPS) is 14.9. The second kappa shape index (κ2) is 10.4. The molecule has 1 fully saturated rings. The van der Waals surface area contributed by atoms with Crippen molar-refractivity contribution in [3.05, 3.63) is 50.6 Å². The molecule has 0 spiro atoms. The standard InChI is InChI=1S/C20H24BrN3O2S2/c1-15-3-2-4-16(11-15)22-19(25)13-27-14-20(26)24-9-7-23(8-10-24)12-17-5-6-18(21)28-17/h2-6,11H,7-10,12-14H2,1H3,(H,22,25). The van der Waals surface area contributed by atoms with E-state index in [2.05, 4.69) is 38.3 Å². The summed E-state index contributed by atoms with van der Waals surface area (Å²) >= 11 is 6.63. The fourth-order valence-corrected chi connectivity index (χ4v) is 5.30. The molecule has 1 N–H and O–H groups in total. The molecule has 0 unspecified atom stereocenters. The molecule has 1 aliphatic heterocycles. The largest absolute Gasteiger partial charge is 0.339 e. The molecular formula is C20H24BrN3O2S2. The van der Waals surface area contributed by atoms with Gasteiger partial charge < -0.3 is 10.2 Å². The number of thiophene rings is 1. The van der Waals surface area contributed by atoms with Gasteiger partial charge in [-0.05, 0) is 52.7 Å². The van der Waals surface area contributed by atoms with E-state index in [-0.39, 0.29) is 17.6 Å². The Bertz CT molecular complexity index is 819. The number of hydrogen-bond donors (Lipinski definition) is 1. The summed E-state index contributed by atoms with van der Waals surface area (Å²) in [6.45, 7) is 6.21. The number of anilines is 1. The monoisotopic (exact) mass is 481 g/mol. The van der Waals surface area contributed by atoms with Crippen LogP contribution in [-0.4, -0.2) is 59.3 Å². The van der Waals surface area contributed by atoms with E-state index >= 15 is 0 Å². The number of benzene rings is 1. The number of piperazine rings is 1. The molecule has 0 bridgehead atoms. The third-order valence-corrected chi connectivity index (χ3v) is 7.02. The lowest BCUT2D eigenvalue weighted by Gasteiger charge is -2.34. The van der Waals surface area contributed by atoms with Gasteiger partial charge in [-0.25, -0.2) is 0 Å². The maximum absolute atomic E-state index is 12.4. The van der Waals surface area contributed by atoms with Gasteiger partial charge in [0.1, 0.15) is 0 Å². The number of carbonyl (C=O) groups excluding carboxylic acids is 2. The van der Waals surface area contributed by atoms with Gasteiger partial charge in [-0.15, -0.1) is 23.1 Å². The van der Waals surface area contributed by atoms with Crippen LogP contribution < -0.4 is 5.32 Å². The molecule has 1 aliphatic rings. The number of nitrogens with zero attached hydrogens (tertiary/aromatic N) is 2. The maximum Gasteiger partial charge on any atom is 0.234 e. The fraction of sp³-hybridized carbons (Fsp3) is 0.400. The van der Waals surface area contributed by atoms with E-state index in [0.717, 1.165) is 47.8 Å². The Morgan fingerprint density at radius 3 is 2.61 bits per heavy atom. The molecule has 2 amide bonds. The summed E-state index contributed by atoms with van der Waals surface area (Å²) < 4.78 is 1.15. The van der Waals surface area contributed by atoms with Crippen LogP contribution in [0.4, 0.5) is 5.69 Å². The van der Waals surface area contributed by atoms with E-state index < -0.39 is 0 Å². The Kier molecular flexibility index (Phi) is 7.96. The summed E-state index contributed by atoms with van der Waals surface area (Å²) in [5.74, 6) is 0.675. The number of nitrogens with one attached hydrogen (secondary N) is 1. The minimum Gasteiger partial charge on any atom is -0.339 e.